The summed E-state index contributed by atoms with van der Waals surface area (Å²) in [5, 5.41) is 3.69. The lowest BCUT2D eigenvalue weighted by atomic mass is 9.81. The Balaban J connectivity index is 1.45. The quantitative estimate of drug-likeness (QED) is 0.822. The number of rotatable bonds is 5. The van der Waals surface area contributed by atoms with Gasteiger partial charge in [0.25, 0.3) is 0 Å². The molecule has 1 saturated carbocycles. The van der Waals surface area contributed by atoms with Gasteiger partial charge in [-0.25, -0.2) is 0 Å². The number of hydrogen-bond donors (Lipinski definition) is 1. The first-order valence-corrected chi connectivity index (χ1v) is 9.25. The molecule has 1 N–H and O–H groups in total. The maximum absolute atomic E-state index is 3.69. The van der Waals surface area contributed by atoms with Crippen LogP contribution in [0.5, 0.6) is 0 Å². The molecule has 2 aliphatic heterocycles. The third-order valence-electron chi connectivity index (χ3n) is 6.31. The highest BCUT2D eigenvalue weighted by Gasteiger charge is 2.40. The average Bonchev–Trinajstić information content (AvgIpc) is 2.68. The zero-order valence-electron chi connectivity index (χ0n) is 13.6. The molecule has 2 nitrogen and oxygen atoms in total. The summed E-state index contributed by atoms with van der Waals surface area (Å²) in [5.74, 6) is 2.04. The Hall–Kier alpha value is -0.0800. The van der Waals surface area contributed by atoms with Crippen molar-refractivity contribution in [2.45, 2.75) is 89.8 Å². The molecule has 116 valence electrons. The first kappa shape index (κ1) is 14.8. The van der Waals surface area contributed by atoms with Crippen LogP contribution in [0, 0.1) is 11.8 Å². The van der Waals surface area contributed by atoms with Crippen molar-refractivity contribution < 1.29 is 0 Å². The zero-order chi connectivity index (χ0) is 13.9. The summed E-state index contributed by atoms with van der Waals surface area (Å²) in [7, 11) is 0. The molecule has 2 heterocycles. The molecule has 20 heavy (non-hydrogen) atoms. The van der Waals surface area contributed by atoms with Gasteiger partial charge in [0.1, 0.15) is 0 Å². The van der Waals surface area contributed by atoms with Crippen LogP contribution in [-0.2, 0) is 0 Å². The molecule has 2 atom stereocenters. The van der Waals surface area contributed by atoms with Gasteiger partial charge >= 0.3 is 0 Å². The molecule has 2 heteroatoms. The van der Waals surface area contributed by atoms with Crippen molar-refractivity contribution in [3.63, 3.8) is 0 Å². The van der Waals surface area contributed by atoms with Crippen LogP contribution >= 0.6 is 0 Å². The highest BCUT2D eigenvalue weighted by atomic mass is 15.2. The molecule has 2 saturated heterocycles. The van der Waals surface area contributed by atoms with Gasteiger partial charge in [-0.2, -0.15) is 0 Å². The third-order valence-corrected chi connectivity index (χ3v) is 6.31. The minimum Gasteiger partial charge on any atom is -0.314 e. The van der Waals surface area contributed by atoms with Crippen molar-refractivity contribution in [3.05, 3.63) is 0 Å². The standard InChI is InChI=1S/C18H34N2/c1-3-19-16-12-17-8-9-18(13-16)20(17)11-10-15-6-4-14(2)5-7-15/h14-19H,3-13H2,1-2H3. The summed E-state index contributed by atoms with van der Waals surface area (Å²) in [4.78, 5) is 2.89. The van der Waals surface area contributed by atoms with Crippen LogP contribution < -0.4 is 5.32 Å². The Morgan fingerprint density at radius 3 is 2.20 bits per heavy atom. The van der Waals surface area contributed by atoms with Crippen molar-refractivity contribution in [2.24, 2.45) is 11.8 Å². The Morgan fingerprint density at radius 1 is 0.950 bits per heavy atom. The van der Waals surface area contributed by atoms with Gasteiger partial charge in [-0.15, -0.1) is 0 Å². The summed E-state index contributed by atoms with van der Waals surface area (Å²) >= 11 is 0. The number of fused-ring (bicyclic) bond motifs is 2. The molecule has 0 amide bonds. The predicted octanol–water partition coefficient (Wildman–Crippen LogP) is 3.81. The fraction of sp³-hybridized carbons (Fsp3) is 1.00. The Morgan fingerprint density at radius 2 is 1.60 bits per heavy atom. The smallest absolute Gasteiger partial charge is 0.0114 e. The summed E-state index contributed by atoms with van der Waals surface area (Å²) in [6, 6.07) is 2.62. The molecule has 3 rings (SSSR count). The van der Waals surface area contributed by atoms with Crippen molar-refractivity contribution >= 4 is 0 Å². The SMILES string of the molecule is CCNC1CC2CCC(C1)N2CCC1CCC(C)CC1. The predicted molar refractivity (Wildman–Crippen MR) is 86.0 cm³/mol. The molecule has 2 unspecified atom stereocenters. The van der Waals surface area contributed by atoms with E-state index in [1.54, 1.807) is 0 Å². The van der Waals surface area contributed by atoms with Crippen molar-refractivity contribution in [2.75, 3.05) is 13.1 Å². The summed E-state index contributed by atoms with van der Waals surface area (Å²) in [6.07, 6.45) is 13.2. The molecule has 3 aliphatic rings. The van der Waals surface area contributed by atoms with Gasteiger partial charge in [0, 0.05) is 18.1 Å². The maximum atomic E-state index is 3.69. The van der Waals surface area contributed by atoms with E-state index in [2.05, 4.69) is 24.1 Å². The highest BCUT2D eigenvalue weighted by molar-refractivity contribution is 4.97. The van der Waals surface area contributed by atoms with Crippen molar-refractivity contribution in [1.29, 1.82) is 0 Å². The lowest BCUT2D eigenvalue weighted by molar-refractivity contribution is 0.105. The third kappa shape index (κ3) is 3.39. The van der Waals surface area contributed by atoms with Crippen molar-refractivity contribution in [1.82, 2.24) is 10.2 Å². The number of nitrogens with zero attached hydrogens (tertiary/aromatic N) is 1. The Kier molecular flexibility index (Phi) is 5.04. The van der Waals surface area contributed by atoms with Gasteiger partial charge < -0.3 is 5.32 Å². The van der Waals surface area contributed by atoms with E-state index in [1.165, 1.54) is 64.3 Å². The van der Waals surface area contributed by atoms with E-state index in [-0.39, 0.29) is 0 Å². The van der Waals surface area contributed by atoms with Crippen LogP contribution in [-0.4, -0.2) is 36.1 Å². The fourth-order valence-corrected chi connectivity index (χ4v) is 5.04. The second-order valence-electron chi connectivity index (χ2n) is 7.76. The van der Waals surface area contributed by atoms with Crippen molar-refractivity contribution in [3.8, 4) is 0 Å². The van der Waals surface area contributed by atoms with E-state index >= 15 is 0 Å². The molecular weight excluding hydrogens is 244 g/mol. The molecular formula is C18H34N2. The van der Waals surface area contributed by atoms with Crippen LogP contribution in [0.25, 0.3) is 0 Å². The number of hydrogen-bond acceptors (Lipinski definition) is 2. The van der Waals surface area contributed by atoms with Gasteiger partial charge in [-0.1, -0.05) is 39.5 Å². The van der Waals surface area contributed by atoms with E-state index in [0.717, 1.165) is 36.5 Å². The van der Waals surface area contributed by atoms with Crippen LogP contribution in [0.4, 0.5) is 0 Å². The number of piperidine rings is 1. The number of nitrogens with one attached hydrogen (secondary N) is 1. The summed E-state index contributed by atoms with van der Waals surface area (Å²) in [6.45, 7) is 7.22. The Labute approximate surface area is 125 Å². The summed E-state index contributed by atoms with van der Waals surface area (Å²) in [5.41, 5.74) is 0. The molecule has 0 aromatic heterocycles. The van der Waals surface area contributed by atoms with Gasteiger partial charge in [-0.3, -0.25) is 4.90 Å². The minimum absolute atomic E-state index is 0.810. The molecule has 3 fully saturated rings. The fourth-order valence-electron chi connectivity index (χ4n) is 5.04. The topological polar surface area (TPSA) is 15.3 Å². The largest absolute Gasteiger partial charge is 0.314 e. The summed E-state index contributed by atoms with van der Waals surface area (Å²) < 4.78 is 0. The normalized spacial score (nSPS) is 42.0. The van der Waals surface area contributed by atoms with Gasteiger partial charge in [0.15, 0.2) is 0 Å². The van der Waals surface area contributed by atoms with E-state index in [4.69, 9.17) is 0 Å². The molecule has 2 bridgehead atoms. The van der Waals surface area contributed by atoms with Crippen LogP contribution in [0.2, 0.25) is 0 Å². The molecule has 0 aromatic rings. The van der Waals surface area contributed by atoms with Crippen LogP contribution in [0.1, 0.15) is 71.6 Å². The molecule has 0 radical (unpaired) electrons. The van der Waals surface area contributed by atoms with Gasteiger partial charge in [-0.05, 0) is 57.0 Å². The second-order valence-corrected chi connectivity index (χ2v) is 7.76. The van der Waals surface area contributed by atoms with Crippen LogP contribution in [0.3, 0.4) is 0 Å². The first-order chi connectivity index (χ1) is 9.76. The van der Waals surface area contributed by atoms with Gasteiger partial charge in [0.05, 0.1) is 0 Å². The van der Waals surface area contributed by atoms with Crippen LogP contribution in [0.15, 0.2) is 0 Å². The van der Waals surface area contributed by atoms with E-state index in [9.17, 15) is 0 Å². The molecule has 1 aliphatic carbocycles. The first-order valence-electron chi connectivity index (χ1n) is 9.25. The minimum atomic E-state index is 0.810. The molecule has 0 aromatic carbocycles. The average molecular weight is 278 g/mol. The monoisotopic (exact) mass is 278 g/mol. The zero-order valence-corrected chi connectivity index (χ0v) is 13.6. The highest BCUT2D eigenvalue weighted by Crippen LogP contribution is 2.37. The Bertz CT molecular complexity index is 282. The van der Waals surface area contributed by atoms with E-state index in [0.29, 0.717) is 0 Å². The molecule has 0 spiro atoms. The van der Waals surface area contributed by atoms with Gasteiger partial charge in [0.2, 0.25) is 0 Å². The lowest BCUT2D eigenvalue weighted by Gasteiger charge is -2.40. The lowest BCUT2D eigenvalue weighted by Crippen LogP contribution is -2.49. The van der Waals surface area contributed by atoms with E-state index in [1.807, 2.05) is 0 Å². The van der Waals surface area contributed by atoms with E-state index < -0.39 is 0 Å². The second kappa shape index (κ2) is 6.79. The maximum Gasteiger partial charge on any atom is 0.0114 e.